The monoisotopic (exact) mass is 342 g/mol. The Bertz CT molecular complexity index is 729. The zero-order valence-corrected chi connectivity index (χ0v) is 14.8. The number of aromatic nitrogens is 2. The molecule has 2 N–H and O–H groups in total. The molecule has 3 rings (SSSR count). The molecule has 1 fully saturated rings. The maximum atomic E-state index is 13.0. The number of carbonyl (C=O) groups excluding carboxylic acids is 1. The molecular formula is C18H22N4OS. The molecule has 1 saturated heterocycles. The molecule has 0 radical (unpaired) electrons. The summed E-state index contributed by atoms with van der Waals surface area (Å²) in [6, 6.07) is 9.63. The highest BCUT2D eigenvalue weighted by Crippen LogP contribution is 2.28. The first-order valence-corrected chi connectivity index (χ1v) is 9.34. The normalized spacial score (nSPS) is 17.8. The van der Waals surface area contributed by atoms with Gasteiger partial charge in [-0.15, -0.1) is 11.8 Å². The number of carbonyl (C=O) groups is 1. The molecule has 126 valence electrons. The number of thioether (sulfide) groups is 1. The van der Waals surface area contributed by atoms with E-state index >= 15 is 0 Å². The molecule has 1 atom stereocenters. The first-order valence-electron chi connectivity index (χ1n) is 8.12. The number of rotatable bonds is 4. The maximum Gasteiger partial charge on any atom is 0.168 e. The molecule has 6 heteroatoms. The molecule has 0 aliphatic carbocycles. The van der Waals surface area contributed by atoms with Crippen molar-refractivity contribution in [3.8, 4) is 0 Å². The minimum Gasteiger partial charge on any atom is -0.384 e. The van der Waals surface area contributed by atoms with E-state index in [0.717, 1.165) is 35.7 Å². The van der Waals surface area contributed by atoms with E-state index in [9.17, 15) is 4.79 Å². The van der Waals surface area contributed by atoms with E-state index in [0.29, 0.717) is 18.2 Å². The minimum absolute atomic E-state index is 0.0106. The van der Waals surface area contributed by atoms with Gasteiger partial charge >= 0.3 is 0 Å². The summed E-state index contributed by atoms with van der Waals surface area (Å²) in [5.41, 5.74) is 6.67. The van der Waals surface area contributed by atoms with Crippen LogP contribution in [0.2, 0.25) is 0 Å². The van der Waals surface area contributed by atoms with Crippen molar-refractivity contribution in [3.05, 3.63) is 41.7 Å². The van der Waals surface area contributed by atoms with Crippen LogP contribution in [-0.4, -0.2) is 35.1 Å². The molecular weight excluding hydrogens is 320 g/mol. The average Bonchev–Trinajstić information content (AvgIpc) is 2.60. The summed E-state index contributed by atoms with van der Waals surface area (Å²) >= 11 is 1.62. The maximum absolute atomic E-state index is 13.0. The van der Waals surface area contributed by atoms with Gasteiger partial charge in [0.2, 0.25) is 0 Å². The number of piperidine rings is 1. The zero-order chi connectivity index (χ0) is 17.1. The SMILES string of the molecule is CSc1ccccc1C(=O)[C@H]1CCCN(c2cc(N)nc(C)n2)C1. The fourth-order valence-electron chi connectivity index (χ4n) is 3.20. The fraction of sp³-hybridized carbons (Fsp3) is 0.389. The van der Waals surface area contributed by atoms with E-state index in [4.69, 9.17) is 5.73 Å². The van der Waals surface area contributed by atoms with Gasteiger partial charge in [-0.1, -0.05) is 18.2 Å². The van der Waals surface area contributed by atoms with Crippen LogP contribution in [0.3, 0.4) is 0 Å². The molecule has 0 unspecified atom stereocenters. The van der Waals surface area contributed by atoms with Crippen molar-refractivity contribution in [2.45, 2.75) is 24.7 Å². The number of anilines is 2. The van der Waals surface area contributed by atoms with Crippen LogP contribution in [-0.2, 0) is 0 Å². The van der Waals surface area contributed by atoms with Crippen LogP contribution in [0.25, 0.3) is 0 Å². The first-order chi connectivity index (χ1) is 11.6. The Hall–Kier alpha value is -2.08. The van der Waals surface area contributed by atoms with E-state index in [2.05, 4.69) is 14.9 Å². The molecule has 1 aliphatic heterocycles. The van der Waals surface area contributed by atoms with Crippen molar-refractivity contribution in [1.29, 1.82) is 0 Å². The van der Waals surface area contributed by atoms with Crippen molar-refractivity contribution in [2.24, 2.45) is 5.92 Å². The fourth-order valence-corrected chi connectivity index (χ4v) is 3.81. The van der Waals surface area contributed by atoms with E-state index in [-0.39, 0.29) is 11.7 Å². The highest BCUT2D eigenvalue weighted by atomic mass is 32.2. The molecule has 0 bridgehead atoms. The molecule has 2 heterocycles. The topological polar surface area (TPSA) is 72.1 Å². The molecule has 5 nitrogen and oxygen atoms in total. The van der Waals surface area contributed by atoms with Gasteiger partial charge < -0.3 is 10.6 Å². The summed E-state index contributed by atoms with van der Waals surface area (Å²) in [6.07, 6.45) is 3.89. The zero-order valence-electron chi connectivity index (χ0n) is 14.0. The van der Waals surface area contributed by atoms with Gasteiger partial charge in [-0.05, 0) is 32.1 Å². The smallest absolute Gasteiger partial charge is 0.168 e. The van der Waals surface area contributed by atoms with E-state index in [1.165, 1.54) is 0 Å². The van der Waals surface area contributed by atoms with Crippen molar-refractivity contribution in [2.75, 3.05) is 30.0 Å². The number of Topliss-reactive ketones (excluding diaryl/α,β-unsaturated/α-hetero) is 1. The van der Waals surface area contributed by atoms with Gasteiger partial charge in [0.15, 0.2) is 5.78 Å². The Balaban J connectivity index is 1.81. The first kappa shape index (κ1) is 16.8. The quantitative estimate of drug-likeness (QED) is 0.679. The number of hydrogen-bond donors (Lipinski definition) is 1. The highest BCUT2D eigenvalue weighted by Gasteiger charge is 2.28. The van der Waals surface area contributed by atoms with Crippen LogP contribution in [0.5, 0.6) is 0 Å². The summed E-state index contributed by atoms with van der Waals surface area (Å²) < 4.78 is 0. The summed E-state index contributed by atoms with van der Waals surface area (Å²) in [5, 5.41) is 0. The summed E-state index contributed by atoms with van der Waals surface area (Å²) in [4.78, 5) is 24.8. The Morgan fingerprint density at radius 3 is 2.88 bits per heavy atom. The van der Waals surface area contributed by atoms with Crippen LogP contribution < -0.4 is 10.6 Å². The van der Waals surface area contributed by atoms with Gasteiger partial charge in [-0.2, -0.15) is 0 Å². The van der Waals surface area contributed by atoms with Gasteiger partial charge in [0.1, 0.15) is 17.5 Å². The number of nitrogens with two attached hydrogens (primary N) is 1. The molecule has 1 aromatic carbocycles. The number of nitrogens with zero attached hydrogens (tertiary/aromatic N) is 3. The van der Waals surface area contributed by atoms with Crippen molar-refractivity contribution in [3.63, 3.8) is 0 Å². The van der Waals surface area contributed by atoms with Crippen molar-refractivity contribution in [1.82, 2.24) is 9.97 Å². The Morgan fingerprint density at radius 2 is 2.12 bits per heavy atom. The molecule has 2 aromatic rings. The summed E-state index contributed by atoms with van der Waals surface area (Å²) in [6.45, 7) is 3.41. The highest BCUT2D eigenvalue weighted by molar-refractivity contribution is 7.98. The number of ketones is 1. The molecule has 1 aromatic heterocycles. The molecule has 0 saturated carbocycles. The van der Waals surface area contributed by atoms with E-state index < -0.39 is 0 Å². The lowest BCUT2D eigenvalue weighted by Crippen LogP contribution is -2.39. The summed E-state index contributed by atoms with van der Waals surface area (Å²) in [5.74, 6) is 2.16. The van der Waals surface area contributed by atoms with Crippen LogP contribution in [0.1, 0.15) is 29.0 Å². The van der Waals surface area contributed by atoms with Crippen LogP contribution >= 0.6 is 11.8 Å². The Morgan fingerprint density at radius 1 is 1.33 bits per heavy atom. The predicted octanol–water partition coefficient (Wildman–Crippen LogP) is 3.19. The van der Waals surface area contributed by atoms with E-state index in [1.54, 1.807) is 17.8 Å². The lowest BCUT2D eigenvalue weighted by molar-refractivity contribution is 0.0904. The number of hydrogen-bond acceptors (Lipinski definition) is 6. The van der Waals surface area contributed by atoms with Crippen LogP contribution in [0, 0.1) is 12.8 Å². The number of benzene rings is 1. The third-order valence-electron chi connectivity index (χ3n) is 4.33. The number of nitrogen functional groups attached to an aromatic ring is 1. The number of aryl methyl sites for hydroxylation is 1. The van der Waals surface area contributed by atoms with Gasteiger partial charge in [-0.25, -0.2) is 9.97 Å². The Kier molecular flexibility index (Phi) is 5.04. The second-order valence-electron chi connectivity index (χ2n) is 6.05. The van der Waals surface area contributed by atoms with Crippen molar-refractivity contribution < 1.29 is 4.79 Å². The lowest BCUT2D eigenvalue weighted by Gasteiger charge is -2.33. The van der Waals surface area contributed by atoms with E-state index in [1.807, 2.05) is 37.4 Å². The molecule has 0 spiro atoms. The van der Waals surface area contributed by atoms with Gasteiger partial charge in [-0.3, -0.25) is 4.79 Å². The third-order valence-corrected chi connectivity index (χ3v) is 5.13. The molecule has 0 amide bonds. The molecule has 24 heavy (non-hydrogen) atoms. The van der Waals surface area contributed by atoms with Gasteiger partial charge in [0.25, 0.3) is 0 Å². The lowest BCUT2D eigenvalue weighted by atomic mass is 9.90. The van der Waals surface area contributed by atoms with Gasteiger partial charge in [0, 0.05) is 35.5 Å². The predicted molar refractivity (Wildman–Crippen MR) is 98.7 cm³/mol. The van der Waals surface area contributed by atoms with Gasteiger partial charge in [0.05, 0.1) is 0 Å². The Labute approximate surface area is 146 Å². The average molecular weight is 342 g/mol. The largest absolute Gasteiger partial charge is 0.384 e. The van der Waals surface area contributed by atoms with Crippen molar-refractivity contribution >= 4 is 29.2 Å². The second-order valence-corrected chi connectivity index (χ2v) is 6.90. The second kappa shape index (κ2) is 7.21. The molecule has 1 aliphatic rings. The minimum atomic E-state index is -0.0106. The third kappa shape index (κ3) is 3.53. The van der Waals surface area contributed by atoms with Crippen LogP contribution in [0.4, 0.5) is 11.6 Å². The standard InChI is InChI=1S/C18H22N4OS/c1-12-20-16(19)10-17(21-12)22-9-5-6-13(11-22)18(23)14-7-3-4-8-15(14)24-2/h3-4,7-8,10,13H,5-6,9,11H2,1-2H3,(H2,19,20,21)/t13-/m0/s1. The van der Waals surface area contributed by atoms with Crippen LogP contribution in [0.15, 0.2) is 35.2 Å². The summed E-state index contributed by atoms with van der Waals surface area (Å²) in [7, 11) is 0.